The largest absolute Gasteiger partial charge is 0.379 e. The first-order valence-corrected chi connectivity index (χ1v) is 6.18. The van der Waals surface area contributed by atoms with Crippen molar-refractivity contribution in [3.63, 3.8) is 0 Å². The van der Waals surface area contributed by atoms with Crippen LogP contribution < -0.4 is 5.32 Å². The molecule has 1 unspecified atom stereocenters. The van der Waals surface area contributed by atoms with E-state index in [1.165, 1.54) is 18.4 Å². The molecule has 0 radical (unpaired) electrons. The Hall–Kier alpha value is -0.870. The van der Waals surface area contributed by atoms with Crippen LogP contribution in [0.2, 0.25) is 0 Å². The Labute approximate surface area is 96.0 Å². The minimum Gasteiger partial charge on any atom is -0.379 e. The highest BCUT2D eigenvalue weighted by atomic mass is 16.5. The molecule has 2 heterocycles. The maximum Gasteiger partial charge on any atom is 0.0774 e. The molecular formula is C12H19N3O. The van der Waals surface area contributed by atoms with Crippen molar-refractivity contribution >= 4 is 0 Å². The van der Waals surface area contributed by atoms with Gasteiger partial charge >= 0.3 is 0 Å². The van der Waals surface area contributed by atoms with Gasteiger partial charge in [-0.3, -0.25) is 4.68 Å². The summed E-state index contributed by atoms with van der Waals surface area (Å²) in [4.78, 5) is 0. The van der Waals surface area contributed by atoms with E-state index >= 15 is 0 Å². The summed E-state index contributed by atoms with van der Waals surface area (Å²) in [5.74, 6) is 0. The van der Waals surface area contributed by atoms with Gasteiger partial charge in [0.2, 0.25) is 0 Å². The monoisotopic (exact) mass is 221 g/mol. The van der Waals surface area contributed by atoms with Gasteiger partial charge in [0.1, 0.15) is 0 Å². The van der Waals surface area contributed by atoms with E-state index in [9.17, 15) is 0 Å². The van der Waals surface area contributed by atoms with Crippen LogP contribution >= 0.6 is 0 Å². The van der Waals surface area contributed by atoms with Crippen LogP contribution in [-0.4, -0.2) is 29.0 Å². The van der Waals surface area contributed by atoms with E-state index in [0.717, 1.165) is 37.9 Å². The molecule has 1 aliphatic heterocycles. The number of hydrogen-bond acceptors (Lipinski definition) is 3. The van der Waals surface area contributed by atoms with Gasteiger partial charge in [-0.15, -0.1) is 0 Å². The quantitative estimate of drug-likeness (QED) is 0.835. The van der Waals surface area contributed by atoms with Crippen LogP contribution in [0.15, 0.2) is 6.20 Å². The number of rotatable bonds is 4. The highest BCUT2D eigenvalue weighted by Gasteiger charge is 2.22. The maximum atomic E-state index is 5.39. The van der Waals surface area contributed by atoms with Gasteiger partial charge in [0.25, 0.3) is 0 Å². The normalized spacial score (nSPS) is 25.2. The molecule has 4 nitrogen and oxygen atoms in total. The van der Waals surface area contributed by atoms with Gasteiger partial charge in [-0.1, -0.05) is 0 Å². The zero-order valence-corrected chi connectivity index (χ0v) is 9.78. The molecule has 2 aliphatic rings. The number of aryl methyl sites for hydroxylation is 1. The first kappa shape index (κ1) is 10.3. The van der Waals surface area contributed by atoms with E-state index in [4.69, 9.17) is 4.74 Å². The van der Waals surface area contributed by atoms with Gasteiger partial charge in [-0.05, 0) is 26.2 Å². The van der Waals surface area contributed by atoms with Crippen molar-refractivity contribution in [3.8, 4) is 0 Å². The van der Waals surface area contributed by atoms with Crippen LogP contribution in [0.5, 0.6) is 0 Å². The second kappa shape index (κ2) is 4.18. The summed E-state index contributed by atoms with van der Waals surface area (Å²) >= 11 is 0. The predicted molar refractivity (Wildman–Crippen MR) is 61.3 cm³/mol. The van der Waals surface area contributed by atoms with Crippen molar-refractivity contribution < 1.29 is 4.74 Å². The van der Waals surface area contributed by atoms with Gasteiger partial charge in [0.15, 0.2) is 0 Å². The molecule has 16 heavy (non-hydrogen) atoms. The molecule has 1 saturated heterocycles. The molecule has 1 aliphatic carbocycles. The lowest BCUT2D eigenvalue weighted by Crippen LogP contribution is -2.15. The van der Waals surface area contributed by atoms with Gasteiger partial charge in [-0.2, -0.15) is 5.10 Å². The van der Waals surface area contributed by atoms with E-state index < -0.39 is 0 Å². The summed E-state index contributed by atoms with van der Waals surface area (Å²) in [7, 11) is 0. The SMILES string of the molecule is Cc1nn(C2CCOC2)cc1CNC1CC1. The summed E-state index contributed by atoms with van der Waals surface area (Å²) in [5, 5.41) is 8.12. The Balaban J connectivity index is 1.67. The topological polar surface area (TPSA) is 39.1 Å². The third kappa shape index (κ3) is 2.13. The summed E-state index contributed by atoms with van der Waals surface area (Å²) in [6, 6.07) is 1.21. The minimum atomic E-state index is 0.452. The number of ether oxygens (including phenoxy) is 1. The highest BCUT2D eigenvalue weighted by molar-refractivity contribution is 5.16. The Morgan fingerprint density at radius 2 is 2.38 bits per heavy atom. The van der Waals surface area contributed by atoms with E-state index in [2.05, 4.69) is 28.2 Å². The Kier molecular flexibility index (Phi) is 2.69. The zero-order valence-electron chi connectivity index (χ0n) is 9.78. The molecule has 1 aromatic rings. The van der Waals surface area contributed by atoms with E-state index in [1.807, 2.05) is 0 Å². The zero-order chi connectivity index (χ0) is 11.0. The number of nitrogens with zero attached hydrogens (tertiary/aromatic N) is 2. The van der Waals surface area contributed by atoms with Crippen molar-refractivity contribution in [3.05, 3.63) is 17.5 Å². The van der Waals surface area contributed by atoms with Gasteiger partial charge < -0.3 is 10.1 Å². The third-order valence-corrected chi connectivity index (χ3v) is 3.46. The van der Waals surface area contributed by atoms with E-state index in [-0.39, 0.29) is 0 Å². The number of nitrogens with one attached hydrogen (secondary N) is 1. The molecule has 3 rings (SSSR count). The standard InChI is InChI=1S/C12H19N3O/c1-9-10(6-13-11-2-3-11)7-15(14-9)12-4-5-16-8-12/h7,11-13H,2-6,8H2,1H3. The molecule has 88 valence electrons. The molecule has 0 amide bonds. The van der Waals surface area contributed by atoms with E-state index in [1.54, 1.807) is 0 Å². The number of hydrogen-bond donors (Lipinski definition) is 1. The minimum absolute atomic E-state index is 0.452. The molecule has 0 aromatic carbocycles. The van der Waals surface area contributed by atoms with Gasteiger partial charge in [0.05, 0.1) is 18.3 Å². The Morgan fingerprint density at radius 3 is 3.06 bits per heavy atom. The van der Waals surface area contributed by atoms with Gasteiger partial charge in [0, 0.05) is 31.0 Å². The lowest BCUT2D eigenvalue weighted by molar-refractivity contribution is 0.184. The summed E-state index contributed by atoms with van der Waals surface area (Å²) in [5.41, 5.74) is 2.49. The van der Waals surface area contributed by atoms with Crippen LogP contribution in [0.4, 0.5) is 0 Å². The van der Waals surface area contributed by atoms with Gasteiger partial charge in [-0.25, -0.2) is 0 Å². The average molecular weight is 221 g/mol. The van der Waals surface area contributed by atoms with Crippen LogP contribution in [0, 0.1) is 6.92 Å². The summed E-state index contributed by atoms with van der Waals surface area (Å²) in [6.07, 6.45) is 5.95. The lowest BCUT2D eigenvalue weighted by Gasteiger charge is -2.06. The molecule has 0 bridgehead atoms. The Morgan fingerprint density at radius 1 is 1.50 bits per heavy atom. The molecule has 1 saturated carbocycles. The van der Waals surface area contributed by atoms with Crippen molar-refractivity contribution in [1.82, 2.24) is 15.1 Å². The fourth-order valence-electron chi connectivity index (χ4n) is 2.15. The van der Waals surface area contributed by atoms with Crippen molar-refractivity contribution in [2.75, 3.05) is 13.2 Å². The molecule has 2 fully saturated rings. The fourth-order valence-corrected chi connectivity index (χ4v) is 2.15. The van der Waals surface area contributed by atoms with Crippen LogP contribution in [0.1, 0.15) is 36.6 Å². The third-order valence-electron chi connectivity index (χ3n) is 3.46. The molecule has 1 N–H and O–H groups in total. The smallest absolute Gasteiger partial charge is 0.0774 e. The van der Waals surface area contributed by atoms with Crippen LogP contribution in [0.3, 0.4) is 0 Å². The predicted octanol–water partition coefficient (Wildman–Crippen LogP) is 1.40. The first-order valence-electron chi connectivity index (χ1n) is 6.18. The average Bonchev–Trinajstić information content (AvgIpc) is 2.80. The molecule has 0 spiro atoms. The second-order valence-electron chi connectivity index (χ2n) is 4.89. The molecule has 1 atom stereocenters. The lowest BCUT2D eigenvalue weighted by atomic mass is 10.2. The Bertz CT molecular complexity index is 364. The first-order chi connectivity index (χ1) is 7.83. The highest BCUT2D eigenvalue weighted by Crippen LogP contribution is 2.22. The molecule has 1 aromatic heterocycles. The second-order valence-corrected chi connectivity index (χ2v) is 4.89. The van der Waals surface area contributed by atoms with E-state index in [0.29, 0.717) is 6.04 Å². The van der Waals surface area contributed by atoms with Crippen LogP contribution in [0.25, 0.3) is 0 Å². The maximum absolute atomic E-state index is 5.39. The fraction of sp³-hybridized carbons (Fsp3) is 0.750. The summed E-state index contributed by atoms with van der Waals surface area (Å²) < 4.78 is 7.48. The van der Waals surface area contributed by atoms with Crippen LogP contribution in [-0.2, 0) is 11.3 Å². The van der Waals surface area contributed by atoms with Crippen molar-refractivity contribution in [2.45, 2.75) is 44.8 Å². The summed E-state index contributed by atoms with van der Waals surface area (Å²) in [6.45, 7) is 4.75. The van der Waals surface area contributed by atoms with Crippen molar-refractivity contribution in [1.29, 1.82) is 0 Å². The van der Waals surface area contributed by atoms with Crippen molar-refractivity contribution in [2.24, 2.45) is 0 Å². The number of aromatic nitrogens is 2. The molecular weight excluding hydrogens is 202 g/mol. The molecule has 4 heteroatoms.